The highest BCUT2D eigenvalue weighted by molar-refractivity contribution is 6.01. The summed E-state index contributed by atoms with van der Waals surface area (Å²) in [5.74, 6) is 0.581. The lowest BCUT2D eigenvalue weighted by molar-refractivity contribution is -0.123. The second-order valence-electron chi connectivity index (χ2n) is 9.32. The maximum atomic E-state index is 12.2. The Balaban J connectivity index is 1.78. The third-order valence-corrected chi connectivity index (χ3v) is 5.11. The van der Waals surface area contributed by atoms with Crippen molar-refractivity contribution in [1.29, 1.82) is 0 Å². The van der Waals surface area contributed by atoms with Crippen LogP contribution in [0.25, 0.3) is 0 Å². The molecule has 2 amide bonds. The van der Waals surface area contributed by atoms with Gasteiger partial charge in [-0.25, -0.2) is 10.9 Å². The highest BCUT2D eigenvalue weighted by Crippen LogP contribution is 2.11. The van der Waals surface area contributed by atoms with Crippen LogP contribution in [0.5, 0.6) is 0 Å². The molecule has 182 valence electrons. The average molecular weight is 463 g/mol. The Kier molecular flexibility index (Phi) is 11.7. The summed E-state index contributed by atoms with van der Waals surface area (Å²) in [6.45, 7) is 8.50. The lowest BCUT2D eigenvalue weighted by atomic mass is 10.0. The van der Waals surface area contributed by atoms with Crippen molar-refractivity contribution in [2.45, 2.75) is 66.2 Å². The van der Waals surface area contributed by atoms with Crippen molar-refractivity contribution in [3.63, 3.8) is 0 Å². The molecule has 6 nitrogen and oxygen atoms in total. The zero-order chi connectivity index (χ0) is 24.8. The van der Waals surface area contributed by atoms with E-state index in [0.29, 0.717) is 37.5 Å². The fraction of sp³-hybridized carbons (Fsp3) is 0.429. The molecule has 0 fully saturated rings. The maximum absolute atomic E-state index is 12.2. The van der Waals surface area contributed by atoms with Gasteiger partial charge in [0.1, 0.15) is 0 Å². The van der Waals surface area contributed by atoms with Crippen molar-refractivity contribution in [3.8, 4) is 0 Å². The average Bonchev–Trinajstić information content (AvgIpc) is 2.82. The third-order valence-electron chi connectivity index (χ3n) is 5.11. The Bertz CT molecular complexity index is 871. The lowest BCUT2D eigenvalue weighted by Crippen LogP contribution is -2.22. The van der Waals surface area contributed by atoms with Gasteiger partial charge in [0.05, 0.1) is 11.4 Å². The normalized spacial score (nSPS) is 12.2. The number of unbranched alkanes of at least 4 members (excludes halogenated alkanes) is 1. The fourth-order valence-electron chi connectivity index (χ4n) is 3.43. The molecule has 2 N–H and O–H groups in total. The van der Waals surface area contributed by atoms with Gasteiger partial charge in [-0.3, -0.25) is 9.59 Å². The van der Waals surface area contributed by atoms with Gasteiger partial charge in [0.15, 0.2) is 0 Å². The summed E-state index contributed by atoms with van der Waals surface area (Å²) in [7, 11) is 0. The van der Waals surface area contributed by atoms with E-state index in [1.807, 2.05) is 60.7 Å². The Labute approximate surface area is 203 Å². The number of hydrazone groups is 2. The van der Waals surface area contributed by atoms with Gasteiger partial charge in [0.2, 0.25) is 11.8 Å². The molecule has 0 saturated carbocycles. The minimum absolute atomic E-state index is 0.140. The van der Waals surface area contributed by atoms with Gasteiger partial charge >= 0.3 is 0 Å². The molecule has 0 radical (unpaired) electrons. The summed E-state index contributed by atoms with van der Waals surface area (Å²) < 4.78 is 0. The van der Waals surface area contributed by atoms with Crippen LogP contribution in [0.4, 0.5) is 0 Å². The minimum Gasteiger partial charge on any atom is -0.273 e. The van der Waals surface area contributed by atoms with E-state index in [9.17, 15) is 9.59 Å². The van der Waals surface area contributed by atoms with Gasteiger partial charge in [-0.05, 0) is 48.6 Å². The molecule has 0 atom stereocenters. The number of hydrogen-bond acceptors (Lipinski definition) is 4. The first-order chi connectivity index (χ1) is 16.3. The van der Waals surface area contributed by atoms with Crippen LogP contribution >= 0.6 is 0 Å². The minimum atomic E-state index is -0.140. The highest BCUT2D eigenvalue weighted by Gasteiger charge is 2.10. The first kappa shape index (κ1) is 27.0. The third kappa shape index (κ3) is 10.6. The zero-order valence-electron chi connectivity index (χ0n) is 20.9. The van der Waals surface area contributed by atoms with Crippen molar-refractivity contribution in [1.82, 2.24) is 10.9 Å². The van der Waals surface area contributed by atoms with Crippen molar-refractivity contribution in [2.24, 2.45) is 22.0 Å². The summed E-state index contributed by atoms with van der Waals surface area (Å²) in [5.41, 5.74) is 9.13. The van der Waals surface area contributed by atoms with E-state index < -0.39 is 0 Å². The monoisotopic (exact) mass is 462 g/mol. The van der Waals surface area contributed by atoms with Crippen LogP contribution in [0, 0.1) is 11.8 Å². The van der Waals surface area contributed by atoms with E-state index in [-0.39, 0.29) is 11.8 Å². The number of nitrogens with zero attached hydrogens (tertiary/aromatic N) is 2. The van der Waals surface area contributed by atoms with E-state index in [1.54, 1.807) is 0 Å². The molecule has 0 aliphatic rings. The molecule has 0 aromatic heterocycles. The van der Waals surface area contributed by atoms with Crippen molar-refractivity contribution >= 4 is 23.2 Å². The Morgan fingerprint density at radius 1 is 0.647 bits per heavy atom. The number of carbonyl (C=O) groups excluding carboxylic acids is 2. The molecule has 2 aromatic carbocycles. The van der Waals surface area contributed by atoms with E-state index in [2.05, 4.69) is 48.7 Å². The number of amides is 2. The van der Waals surface area contributed by atoms with Crippen molar-refractivity contribution in [2.75, 3.05) is 0 Å². The summed E-state index contributed by atoms with van der Waals surface area (Å²) in [6, 6.07) is 19.8. The standard InChI is InChI=1S/C28H38N4O2/c1-21(2)19-25(23-13-7-5-8-14-23)29-31-27(33)17-11-12-18-28(34)32-30-26(20-22(3)4)24-15-9-6-10-16-24/h5-10,13-16,21-22H,11-12,17-20H2,1-4H3,(H,31,33)(H,32,34). The molecular weight excluding hydrogens is 424 g/mol. The molecule has 6 heteroatoms. The van der Waals surface area contributed by atoms with E-state index in [0.717, 1.165) is 35.4 Å². The van der Waals surface area contributed by atoms with Gasteiger partial charge in [-0.2, -0.15) is 10.2 Å². The first-order valence-electron chi connectivity index (χ1n) is 12.2. The second kappa shape index (κ2) is 14.8. The van der Waals surface area contributed by atoms with Crippen LogP contribution in [-0.2, 0) is 9.59 Å². The second-order valence-corrected chi connectivity index (χ2v) is 9.32. The predicted molar refractivity (Wildman–Crippen MR) is 140 cm³/mol. The fourth-order valence-corrected chi connectivity index (χ4v) is 3.43. The molecule has 0 saturated heterocycles. The van der Waals surface area contributed by atoms with Gasteiger partial charge in [-0.1, -0.05) is 88.4 Å². The van der Waals surface area contributed by atoms with Gasteiger partial charge in [0.25, 0.3) is 0 Å². The quantitative estimate of drug-likeness (QED) is 0.228. The van der Waals surface area contributed by atoms with Crippen molar-refractivity contribution < 1.29 is 9.59 Å². The summed E-state index contributed by atoms with van der Waals surface area (Å²) in [4.78, 5) is 24.5. The first-order valence-corrected chi connectivity index (χ1v) is 12.2. The molecule has 0 unspecified atom stereocenters. The number of rotatable bonds is 13. The highest BCUT2D eigenvalue weighted by atomic mass is 16.2. The number of hydrogen-bond donors (Lipinski definition) is 2. The number of benzene rings is 2. The Morgan fingerprint density at radius 3 is 1.32 bits per heavy atom. The lowest BCUT2D eigenvalue weighted by Gasteiger charge is -2.10. The van der Waals surface area contributed by atoms with Crippen LogP contribution in [0.1, 0.15) is 77.3 Å². The van der Waals surface area contributed by atoms with E-state index in [1.165, 1.54) is 0 Å². The van der Waals surface area contributed by atoms with Gasteiger partial charge < -0.3 is 0 Å². The molecule has 2 aromatic rings. The van der Waals surface area contributed by atoms with E-state index >= 15 is 0 Å². The number of nitrogens with one attached hydrogen (secondary N) is 2. The largest absolute Gasteiger partial charge is 0.273 e. The Morgan fingerprint density at radius 2 is 1.00 bits per heavy atom. The summed E-state index contributed by atoms with van der Waals surface area (Å²) >= 11 is 0. The maximum Gasteiger partial charge on any atom is 0.240 e. The Hall–Kier alpha value is -3.28. The SMILES string of the molecule is CC(C)CC(=NNC(=O)CCCCC(=O)NN=C(CC(C)C)c1ccccc1)c1ccccc1. The molecule has 0 aliphatic carbocycles. The van der Waals surface area contributed by atoms with Crippen LogP contribution in [0.15, 0.2) is 70.9 Å². The van der Waals surface area contributed by atoms with Gasteiger partial charge in [0, 0.05) is 12.8 Å². The molecule has 0 heterocycles. The zero-order valence-corrected chi connectivity index (χ0v) is 20.9. The van der Waals surface area contributed by atoms with Crippen LogP contribution in [0.3, 0.4) is 0 Å². The summed E-state index contributed by atoms with van der Waals surface area (Å²) in [5, 5.41) is 8.74. The van der Waals surface area contributed by atoms with Crippen LogP contribution in [0.2, 0.25) is 0 Å². The van der Waals surface area contributed by atoms with Crippen LogP contribution in [-0.4, -0.2) is 23.2 Å². The molecule has 34 heavy (non-hydrogen) atoms. The molecule has 2 rings (SSSR count). The summed E-state index contributed by atoms with van der Waals surface area (Å²) in [6.07, 6.45) is 3.44. The molecule has 0 aliphatic heterocycles. The number of carbonyl (C=O) groups is 2. The molecule has 0 spiro atoms. The smallest absolute Gasteiger partial charge is 0.240 e. The predicted octanol–water partition coefficient (Wildman–Crippen LogP) is 5.68. The van der Waals surface area contributed by atoms with Gasteiger partial charge in [-0.15, -0.1) is 0 Å². The topological polar surface area (TPSA) is 82.9 Å². The molecule has 0 bridgehead atoms. The molecular formula is C28H38N4O2. The van der Waals surface area contributed by atoms with Crippen LogP contribution < -0.4 is 10.9 Å². The van der Waals surface area contributed by atoms with E-state index in [4.69, 9.17) is 0 Å². The van der Waals surface area contributed by atoms with Crippen molar-refractivity contribution in [3.05, 3.63) is 71.8 Å².